The fourth-order valence-electron chi connectivity index (χ4n) is 2.79. The topological polar surface area (TPSA) is 79.1 Å². The molecule has 2 N–H and O–H groups in total. The van der Waals surface area contributed by atoms with E-state index >= 15 is 0 Å². The second kappa shape index (κ2) is 7.15. The molecule has 2 fully saturated rings. The van der Waals surface area contributed by atoms with Crippen LogP contribution in [0.3, 0.4) is 0 Å². The van der Waals surface area contributed by atoms with Crippen molar-refractivity contribution in [3.05, 3.63) is 0 Å². The van der Waals surface area contributed by atoms with Gasteiger partial charge in [-0.25, -0.2) is 0 Å². The Morgan fingerprint density at radius 2 is 2.00 bits per heavy atom. The summed E-state index contributed by atoms with van der Waals surface area (Å²) >= 11 is 0. The van der Waals surface area contributed by atoms with E-state index in [9.17, 15) is 8.42 Å². The molecule has 0 bridgehead atoms. The van der Waals surface area contributed by atoms with Crippen LogP contribution in [0.1, 0.15) is 12.8 Å². The van der Waals surface area contributed by atoms with Gasteiger partial charge in [-0.1, -0.05) is 0 Å². The predicted octanol–water partition coefficient (Wildman–Crippen LogP) is -1.08. The third-order valence-electron chi connectivity index (χ3n) is 4.09. The Kier molecular flexibility index (Phi) is 5.76. The van der Waals surface area contributed by atoms with E-state index in [-0.39, 0.29) is 0 Å². The van der Waals surface area contributed by atoms with Gasteiger partial charge in [0.2, 0.25) is 0 Å². The molecular weight excluding hydrogens is 280 g/mol. The second-order valence-electron chi connectivity index (χ2n) is 5.42. The van der Waals surface area contributed by atoms with Crippen LogP contribution < -0.4 is 5.73 Å². The summed E-state index contributed by atoms with van der Waals surface area (Å²) < 4.78 is 33.2. The molecule has 2 aliphatic heterocycles. The van der Waals surface area contributed by atoms with E-state index in [4.69, 9.17) is 10.5 Å². The molecule has 2 rings (SSSR count). The molecule has 7 nitrogen and oxygen atoms in total. The summed E-state index contributed by atoms with van der Waals surface area (Å²) in [4.78, 5) is 2.35. The number of hydrogen-bond acceptors (Lipinski definition) is 5. The molecule has 0 aromatic rings. The van der Waals surface area contributed by atoms with Crippen LogP contribution in [0.15, 0.2) is 0 Å². The monoisotopic (exact) mass is 306 g/mol. The van der Waals surface area contributed by atoms with Crippen LogP contribution in [0.2, 0.25) is 0 Å². The van der Waals surface area contributed by atoms with E-state index in [1.165, 1.54) is 4.31 Å². The van der Waals surface area contributed by atoms with Gasteiger partial charge in [0, 0.05) is 45.8 Å². The first-order valence-electron chi connectivity index (χ1n) is 7.29. The molecule has 118 valence electrons. The Balaban J connectivity index is 1.90. The van der Waals surface area contributed by atoms with Gasteiger partial charge in [-0.15, -0.1) is 0 Å². The van der Waals surface area contributed by atoms with Crippen LogP contribution in [-0.2, 0) is 14.9 Å². The van der Waals surface area contributed by atoms with E-state index in [2.05, 4.69) is 4.90 Å². The van der Waals surface area contributed by atoms with Gasteiger partial charge in [0.25, 0.3) is 10.2 Å². The maximum absolute atomic E-state index is 12.4. The molecule has 0 amide bonds. The second-order valence-corrected chi connectivity index (χ2v) is 7.46. The lowest BCUT2D eigenvalue weighted by Crippen LogP contribution is -2.46. The van der Waals surface area contributed by atoms with Crippen molar-refractivity contribution < 1.29 is 13.2 Å². The van der Waals surface area contributed by atoms with Gasteiger partial charge in [-0.05, 0) is 19.4 Å². The maximum atomic E-state index is 12.4. The minimum absolute atomic E-state index is 0.330. The summed E-state index contributed by atoms with van der Waals surface area (Å²) in [7, 11) is -1.70. The Morgan fingerprint density at radius 3 is 2.65 bits per heavy atom. The average Bonchev–Trinajstić information content (AvgIpc) is 2.96. The SMILES string of the molecule is CN(CCCN)S(=O)(=O)N1CCC(N2CCOCC2)C1. The third kappa shape index (κ3) is 3.69. The van der Waals surface area contributed by atoms with Crippen molar-refractivity contribution in [2.45, 2.75) is 18.9 Å². The Hall–Kier alpha value is -0.250. The van der Waals surface area contributed by atoms with E-state index in [0.717, 1.165) is 32.7 Å². The van der Waals surface area contributed by atoms with Crippen molar-refractivity contribution in [2.75, 3.05) is 59.5 Å². The first kappa shape index (κ1) is 16.1. The highest BCUT2D eigenvalue weighted by atomic mass is 32.2. The van der Waals surface area contributed by atoms with Crippen LogP contribution in [0.5, 0.6) is 0 Å². The molecule has 0 aliphatic carbocycles. The maximum Gasteiger partial charge on any atom is 0.281 e. The average molecular weight is 306 g/mol. The minimum atomic E-state index is -3.33. The van der Waals surface area contributed by atoms with Gasteiger partial charge in [0.05, 0.1) is 13.2 Å². The van der Waals surface area contributed by atoms with E-state index in [1.54, 1.807) is 11.4 Å². The normalized spacial score (nSPS) is 26.4. The lowest BCUT2D eigenvalue weighted by Gasteiger charge is -2.32. The molecule has 0 aromatic heterocycles. The minimum Gasteiger partial charge on any atom is -0.379 e. The summed E-state index contributed by atoms with van der Waals surface area (Å²) in [5, 5.41) is 0. The number of rotatable bonds is 6. The van der Waals surface area contributed by atoms with Crippen molar-refractivity contribution in [1.29, 1.82) is 0 Å². The Bertz CT molecular complexity index is 398. The summed E-state index contributed by atoms with van der Waals surface area (Å²) in [5.74, 6) is 0. The van der Waals surface area contributed by atoms with Crippen LogP contribution in [-0.4, -0.2) is 87.5 Å². The Morgan fingerprint density at radius 1 is 1.30 bits per heavy atom. The fraction of sp³-hybridized carbons (Fsp3) is 1.00. The van der Waals surface area contributed by atoms with Crippen molar-refractivity contribution in [3.8, 4) is 0 Å². The molecule has 0 saturated carbocycles. The summed E-state index contributed by atoms with van der Waals surface area (Å²) in [6.45, 7) is 5.50. The molecule has 0 radical (unpaired) electrons. The number of nitrogens with two attached hydrogens (primary N) is 1. The number of hydrogen-bond donors (Lipinski definition) is 1. The molecule has 2 aliphatic rings. The zero-order valence-corrected chi connectivity index (χ0v) is 13.0. The van der Waals surface area contributed by atoms with Gasteiger partial charge in [0.1, 0.15) is 0 Å². The van der Waals surface area contributed by atoms with Gasteiger partial charge in [-0.2, -0.15) is 17.0 Å². The van der Waals surface area contributed by atoms with Crippen molar-refractivity contribution in [1.82, 2.24) is 13.5 Å². The van der Waals surface area contributed by atoms with E-state index in [0.29, 0.717) is 38.6 Å². The first-order valence-corrected chi connectivity index (χ1v) is 8.68. The van der Waals surface area contributed by atoms with Gasteiger partial charge >= 0.3 is 0 Å². The molecule has 1 atom stereocenters. The van der Waals surface area contributed by atoms with Crippen LogP contribution in [0.25, 0.3) is 0 Å². The zero-order valence-electron chi connectivity index (χ0n) is 12.2. The highest BCUT2D eigenvalue weighted by Crippen LogP contribution is 2.21. The van der Waals surface area contributed by atoms with Gasteiger partial charge in [-0.3, -0.25) is 4.90 Å². The fourth-order valence-corrected chi connectivity index (χ4v) is 4.24. The molecule has 2 heterocycles. The first-order chi connectivity index (χ1) is 9.55. The van der Waals surface area contributed by atoms with Crippen LogP contribution in [0.4, 0.5) is 0 Å². The molecule has 20 heavy (non-hydrogen) atoms. The van der Waals surface area contributed by atoms with Gasteiger partial charge < -0.3 is 10.5 Å². The molecule has 1 unspecified atom stereocenters. The molecule has 8 heteroatoms. The van der Waals surface area contributed by atoms with E-state index in [1.807, 2.05) is 0 Å². The summed E-state index contributed by atoms with van der Waals surface area (Å²) in [6, 6.07) is 0.330. The zero-order chi connectivity index (χ0) is 14.6. The van der Waals surface area contributed by atoms with Crippen LogP contribution in [0, 0.1) is 0 Å². The predicted molar refractivity (Wildman–Crippen MR) is 77.6 cm³/mol. The third-order valence-corrected chi connectivity index (χ3v) is 6.04. The molecule has 0 aromatic carbocycles. The van der Waals surface area contributed by atoms with Crippen molar-refractivity contribution in [3.63, 3.8) is 0 Å². The highest BCUT2D eigenvalue weighted by Gasteiger charge is 2.36. The molecule has 2 saturated heterocycles. The number of ether oxygens (including phenoxy) is 1. The van der Waals surface area contributed by atoms with Gasteiger partial charge in [0.15, 0.2) is 0 Å². The highest BCUT2D eigenvalue weighted by molar-refractivity contribution is 7.86. The summed E-state index contributed by atoms with van der Waals surface area (Å²) in [5.41, 5.74) is 5.44. The molecular formula is C12H26N4O3S. The van der Waals surface area contributed by atoms with Crippen molar-refractivity contribution >= 4 is 10.2 Å². The standard InChI is InChI=1S/C12H26N4O3S/c1-14(5-2-4-13)20(17,18)16-6-3-12(11-16)15-7-9-19-10-8-15/h12H,2-11,13H2,1H3. The number of morpholine rings is 1. The van der Waals surface area contributed by atoms with Crippen LogP contribution >= 0.6 is 0 Å². The van der Waals surface area contributed by atoms with E-state index < -0.39 is 10.2 Å². The molecule has 0 spiro atoms. The lowest BCUT2D eigenvalue weighted by atomic mass is 10.2. The summed E-state index contributed by atoms with van der Waals surface area (Å²) in [6.07, 6.45) is 1.60. The smallest absolute Gasteiger partial charge is 0.281 e. The Labute approximate surface area is 121 Å². The van der Waals surface area contributed by atoms with Crippen molar-refractivity contribution in [2.24, 2.45) is 5.73 Å². The quantitative estimate of drug-likeness (QED) is 0.675. The lowest BCUT2D eigenvalue weighted by molar-refractivity contribution is 0.0196. The number of nitrogens with zero attached hydrogens (tertiary/aromatic N) is 3. The largest absolute Gasteiger partial charge is 0.379 e.